The van der Waals surface area contributed by atoms with Gasteiger partial charge in [-0.3, -0.25) is 14.4 Å². The number of Topliss-reactive ketones (excluding diaryl/α,β-unsaturated/α-hetero) is 1. The molecule has 9 nitrogen and oxygen atoms in total. The number of ketones is 1. The van der Waals surface area contributed by atoms with Crippen LogP contribution in [-0.2, 0) is 24.3 Å². The summed E-state index contributed by atoms with van der Waals surface area (Å²) in [6.45, 7) is 2.63. The van der Waals surface area contributed by atoms with Gasteiger partial charge in [0, 0.05) is 41.8 Å². The topological polar surface area (TPSA) is 134 Å². The number of sulfonamides is 1. The Hall–Kier alpha value is -3.50. The predicted octanol–water partition coefficient (Wildman–Crippen LogP) is 2.61. The largest absolute Gasteiger partial charge is 0.454 e. The zero-order valence-corrected chi connectivity index (χ0v) is 18.4. The number of carbonyl (C=O) groups is 3. The molecule has 32 heavy (non-hydrogen) atoms. The first-order chi connectivity index (χ1) is 15.2. The number of aromatic amines is 1. The molecule has 0 aliphatic carbocycles. The zero-order valence-electron chi connectivity index (χ0n) is 17.5. The van der Waals surface area contributed by atoms with Crippen molar-refractivity contribution in [2.75, 3.05) is 11.9 Å². The quantitative estimate of drug-likeness (QED) is 0.334. The second kappa shape index (κ2) is 9.75. The fraction of sp³-hybridized carbons (Fsp3) is 0.227. The van der Waals surface area contributed by atoms with Crippen LogP contribution in [0.4, 0.5) is 5.69 Å². The van der Waals surface area contributed by atoms with Gasteiger partial charge < -0.3 is 15.0 Å². The van der Waals surface area contributed by atoms with Crippen molar-refractivity contribution in [2.24, 2.45) is 0 Å². The van der Waals surface area contributed by atoms with E-state index in [4.69, 9.17) is 4.74 Å². The molecular formula is C22H23N3O6S. The van der Waals surface area contributed by atoms with Gasteiger partial charge in [-0.25, -0.2) is 13.1 Å². The van der Waals surface area contributed by atoms with Gasteiger partial charge in [0.05, 0.1) is 11.3 Å². The van der Waals surface area contributed by atoms with Crippen LogP contribution in [0.1, 0.15) is 30.6 Å². The highest BCUT2D eigenvalue weighted by Crippen LogP contribution is 2.20. The van der Waals surface area contributed by atoms with Crippen LogP contribution in [0.5, 0.6) is 0 Å². The highest BCUT2D eigenvalue weighted by atomic mass is 32.2. The van der Waals surface area contributed by atoms with Crippen molar-refractivity contribution in [3.8, 4) is 0 Å². The Morgan fingerprint density at radius 2 is 1.75 bits per heavy atom. The molecule has 2 aromatic carbocycles. The number of fused-ring (bicyclic) bond motifs is 1. The van der Waals surface area contributed by atoms with Crippen LogP contribution in [0.15, 0.2) is 59.6 Å². The summed E-state index contributed by atoms with van der Waals surface area (Å²) in [5.41, 5.74) is 1.69. The SMILES string of the molecule is CC(=O)Nc1ccc(S(=O)(=O)NCCC(=O)O[C@@H](C)C(=O)c2c[nH]c3ccccc23)cc1. The molecule has 0 unspecified atom stereocenters. The zero-order chi connectivity index (χ0) is 23.3. The predicted molar refractivity (Wildman–Crippen MR) is 119 cm³/mol. The van der Waals surface area contributed by atoms with Crippen molar-refractivity contribution >= 4 is 44.3 Å². The summed E-state index contributed by atoms with van der Waals surface area (Å²) >= 11 is 0. The van der Waals surface area contributed by atoms with Crippen molar-refractivity contribution in [1.29, 1.82) is 0 Å². The molecule has 3 rings (SSSR count). The monoisotopic (exact) mass is 457 g/mol. The summed E-state index contributed by atoms with van der Waals surface area (Å²) in [5.74, 6) is -1.32. The Labute approximate surface area is 185 Å². The molecule has 1 atom stereocenters. The molecule has 0 saturated carbocycles. The van der Waals surface area contributed by atoms with E-state index in [1.54, 1.807) is 12.3 Å². The fourth-order valence-electron chi connectivity index (χ4n) is 3.10. The average Bonchev–Trinajstić information content (AvgIpc) is 3.17. The number of para-hydroxylation sites is 1. The lowest BCUT2D eigenvalue weighted by atomic mass is 10.1. The second-order valence-corrected chi connectivity index (χ2v) is 8.86. The lowest BCUT2D eigenvalue weighted by Crippen LogP contribution is -2.29. The minimum Gasteiger partial charge on any atom is -0.454 e. The van der Waals surface area contributed by atoms with E-state index in [2.05, 4.69) is 15.0 Å². The molecule has 168 valence electrons. The lowest BCUT2D eigenvalue weighted by molar-refractivity contribution is -0.146. The maximum Gasteiger partial charge on any atom is 0.307 e. The smallest absolute Gasteiger partial charge is 0.307 e. The van der Waals surface area contributed by atoms with E-state index >= 15 is 0 Å². The van der Waals surface area contributed by atoms with Crippen LogP contribution in [0.2, 0.25) is 0 Å². The number of hydrogen-bond donors (Lipinski definition) is 3. The summed E-state index contributed by atoms with van der Waals surface area (Å²) in [5, 5.41) is 3.28. The number of nitrogens with one attached hydrogen (secondary N) is 3. The number of H-pyrrole nitrogens is 1. The standard InChI is InChI=1S/C22H23N3O6S/c1-14(22(28)19-13-23-20-6-4-3-5-18(19)20)31-21(27)11-12-24-32(29,30)17-9-7-16(8-10-17)25-15(2)26/h3-10,13-14,23-24H,11-12H2,1-2H3,(H,25,26)/t14-/m0/s1. The normalized spacial score (nSPS) is 12.3. The van der Waals surface area contributed by atoms with E-state index in [1.165, 1.54) is 38.1 Å². The molecule has 0 spiro atoms. The molecule has 3 N–H and O–H groups in total. The summed E-state index contributed by atoms with van der Waals surface area (Å²) in [6, 6.07) is 12.9. The Morgan fingerprint density at radius 3 is 2.44 bits per heavy atom. The number of benzene rings is 2. The molecule has 0 aliphatic rings. The number of anilines is 1. The lowest BCUT2D eigenvalue weighted by Gasteiger charge is -2.12. The van der Waals surface area contributed by atoms with Crippen LogP contribution >= 0.6 is 0 Å². The van der Waals surface area contributed by atoms with E-state index in [9.17, 15) is 22.8 Å². The van der Waals surface area contributed by atoms with Gasteiger partial charge in [0.15, 0.2) is 6.10 Å². The van der Waals surface area contributed by atoms with Crippen LogP contribution in [0.25, 0.3) is 10.9 Å². The van der Waals surface area contributed by atoms with Crippen molar-refractivity contribution < 1.29 is 27.5 Å². The third kappa shape index (κ3) is 5.59. The molecule has 0 radical (unpaired) electrons. The van der Waals surface area contributed by atoms with Gasteiger partial charge in [0.25, 0.3) is 0 Å². The Bertz CT molecular complexity index is 1250. The van der Waals surface area contributed by atoms with Crippen LogP contribution < -0.4 is 10.0 Å². The minimum atomic E-state index is -3.85. The fourth-order valence-corrected chi connectivity index (χ4v) is 4.13. The van der Waals surface area contributed by atoms with E-state index in [0.717, 1.165) is 10.9 Å². The molecule has 1 aromatic heterocycles. The van der Waals surface area contributed by atoms with Crippen molar-refractivity contribution in [3.05, 3.63) is 60.3 Å². The Balaban J connectivity index is 1.52. The molecule has 0 bridgehead atoms. The molecule has 0 fully saturated rings. The second-order valence-electron chi connectivity index (χ2n) is 7.10. The first-order valence-electron chi connectivity index (χ1n) is 9.84. The molecule has 0 aliphatic heterocycles. The molecular weight excluding hydrogens is 434 g/mol. The van der Waals surface area contributed by atoms with Crippen molar-refractivity contribution in [1.82, 2.24) is 9.71 Å². The maximum absolute atomic E-state index is 12.6. The molecule has 0 saturated heterocycles. The number of aromatic nitrogens is 1. The number of amides is 1. The van der Waals surface area contributed by atoms with Gasteiger partial charge in [0.2, 0.25) is 21.7 Å². The number of ether oxygens (including phenoxy) is 1. The third-order valence-corrected chi connectivity index (χ3v) is 6.12. The minimum absolute atomic E-state index is 0.0112. The van der Waals surface area contributed by atoms with E-state index < -0.39 is 22.1 Å². The highest BCUT2D eigenvalue weighted by molar-refractivity contribution is 7.89. The third-order valence-electron chi connectivity index (χ3n) is 4.64. The van der Waals surface area contributed by atoms with Gasteiger partial charge in [-0.2, -0.15) is 0 Å². The van der Waals surface area contributed by atoms with E-state index in [1.807, 2.05) is 18.2 Å². The van der Waals surface area contributed by atoms with Gasteiger partial charge >= 0.3 is 5.97 Å². The highest BCUT2D eigenvalue weighted by Gasteiger charge is 2.22. The summed E-state index contributed by atoms with van der Waals surface area (Å²) in [7, 11) is -3.85. The molecule has 1 heterocycles. The number of carbonyl (C=O) groups excluding carboxylic acids is 3. The number of hydrogen-bond acceptors (Lipinski definition) is 6. The maximum atomic E-state index is 12.6. The van der Waals surface area contributed by atoms with Crippen LogP contribution in [-0.4, -0.2) is 43.7 Å². The summed E-state index contributed by atoms with van der Waals surface area (Å²) in [6.07, 6.45) is 0.317. The van der Waals surface area contributed by atoms with Crippen LogP contribution in [0.3, 0.4) is 0 Å². The van der Waals surface area contributed by atoms with E-state index in [-0.39, 0.29) is 29.6 Å². The average molecular weight is 458 g/mol. The van der Waals surface area contributed by atoms with E-state index in [0.29, 0.717) is 11.3 Å². The van der Waals surface area contributed by atoms with Gasteiger partial charge in [0.1, 0.15) is 0 Å². The molecule has 1 amide bonds. The Morgan fingerprint density at radius 1 is 1.06 bits per heavy atom. The number of esters is 1. The number of rotatable bonds is 9. The van der Waals surface area contributed by atoms with Crippen molar-refractivity contribution in [2.45, 2.75) is 31.3 Å². The summed E-state index contributed by atoms with van der Waals surface area (Å²) in [4.78, 5) is 38.8. The molecule has 10 heteroatoms. The van der Waals surface area contributed by atoms with Gasteiger partial charge in [-0.1, -0.05) is 18.2 Å². The Kier molecular flexibility index (Phi) is 7.06. The first kappa shape index (κ1) is 23.2. The first-order valence-corrected chi connectivity index (χ1v) is 11.3. The van der Waals surface area contributed by atoms with Gasteiger partial charge in [-0.15, -0.1) is 0 Å². The van der Waals surface area contributed by atoms with Crippen molar-refractivity contribution in [3.63, 3.8) is 0 Å². The van der Waals surface area contributed by atoms with Crippen LogP contribution in [0, 0.1) is 0 Å². The van der Waals surface area contributed by atoms with Gasteiger partial charge in [-0.05, 0) is 37.3 Å². The molecule has 3 aromatic rings. The summed E-state index contributed by atoms with van der Waals surface area (Å²) < 4.78 is 32.2.